The summed E-state index contributed by atoms with van der Waals surface area (Å²) in [6, 6.07) is 16.8. The lowest BCUT2D eigenvalue weighted by Gasteiger charge is -2.11. The third-order valence-electron chi connectivity index (χ3n) is 4.89. The van der Waals surface area contributed by atoms with E-state index in [9.17, 15) is 22.8 Å². The van der Waals surface area contributed by atoms with Crippen molar-refractivity contribution in [2.75, 3.05) is 11.9 Å². The zero-order valence-corrected chi connectivity index (χ0v) is 17.2. The van der Waals surface area contributed by atoms with Gasteiger partial charge in [-0.2, -0.15) is 5.10 Å². The van der Waals surface area contributed by atoms with Crippen LogP contribution in [0.2, 0.25) is 0 Å². The number of hydrogen-bond acceptors (Lipinski definition) is 4. The molecule has 0 saturated heterocycles. The number of rotatable bonds is 7. The maximum atomic E-state index is 12.7. The highest BCUT2D eigenvalue weighted by Gasteiger charge is 2.31. The van der Waals surface area contributed by atoms with Crippen molar-refractivity contribution in [1.29, 1.82) is 0 Å². The minimum absolute atomic E-state index is 0.114. The van der Waals surface area contributed by atoms with Crippen molar-refractivity contribution in [2.24, 2.45) is 0 Å². The molecule has 0 saturated carbocycles. The lowest BCUT2D eigenvalue weighted by Crippen LogP contribution is -2.20. The van der Waals surface area contributed by atoms with Crippen LogP contribution >= 0.6 is 0 Å². The Balaban J connectivity index is 1.62. The molecule has 2 N–H and O–H groups in total. The van der Waals surface area contributed by atoms with Crippen molar-refractivity contribution in [1.82, 2.24) is 15.1 Å². The zero-order chi connectivity index (χ0) is 23.4. The number of anilines is 1. The molecule has 4 rings (SSSR count). The molecule has 1 aliphatic heterocycles. The molecule has 0 atom stereocenters. The Labute approximate surface area is 186 Å². The smallest absolute Gasteiger partial charge is 0.406 e. The standard InChI is InChI=1S/C23H19F3N4O3/c24-23(25,26)33-18-8-4-7-16(11-18)19-13-20(28-22(32)17-12-21(31)27-14-17)29-30(19)10-9-15-5-2-1-3-6-15/h1-8,11-13H,9-10,14H2,(H,27,31)(H,28,29,32). The number of carbonyl (C=O) groups is 2. The van der Waals surface area contributed by atoms with Crippen LogP contribution in [0.3, 0.4) is 0 Å². The number of amides is 2. The Morgan fingerprint density at radius 1 is 1.12 bits per heavy atom. The summed E-state index contributed by atoms with van der Waals surface area (Å²) in [4.78, 5) is 23.8. The van der Waals surface area contributed by atoms with Crippen molar-refractivity contribution in [3.63, 3.8) is 0 Å². The molecule has 1 aromatic heterocycles. The van der Waals surface area contributed by atoms with Gasteiger partial charge in [-0.3, -0.25) is 14.3 Å². The number of nitrogens with zero attached hydrogens (tertiary/aromatic N) is 2. The second-order valence-electron chi connectivity index (χ2n) is 7.29. The molecule has 10 heteroatoms. The van der Waals surface area contributed by atoms with Crippen LogP contribution in [-0.2, 0) is 22.6 Å². The molecule has 1 aliphatic rings. The predicted molar refractivity (Wildman–Crippen MR) is 114 cm³/mol. The molecular formula is C23H19F3N4O3. The van der Waals surface area contributed by atoms with E-state index in [2.05, 4.69) is 20.5 Å². The lowest BCUT2D eigenvalue weighted by atomic mass is 10.1. The highest BCUT2D eigenvalue weighted by atomic mass is 19.4. The fourth-order valence-electron chi connectivity index (χ4n) is 3.40. The first kappa shape index (κ1) is 22.1. The summed E-state index contributed by atoms with van der Waals surface area (Å²) in [6.07, 6.45) is -2.99. The third kappa shape index (κ3) is 5.79. The number of alkyl halides is 3. The SMILES string of the molecule is O=C1C=C(C(=O)Nc2cc(-c3cccc(OC(F)(F)F)c3)n(CCc3ccccc3)n2)CN1. The van der Waals surface area contributed by atoms with Gasteiger partial charge in [-0.15, -0.1) is 13.2 Å². The van der Waals surface area contributed by atoms with Gasteiger partial charge in [-0.25, -0.2) is 0 Å². The van der Waals surface area contributed by atoms with Crippen LogP contribution in [0.15, 0.2) is 72.3 Å². The number of nitrogens with one attached hydrogen (secondary N) is 2. The highest BCUT2D eigenvalue weighted by molar-refractivity contribution is 6.10. The van der Waals surface area contributed by atoms with E-state index in [0.717, 1.165) is 5.56 Å². The Kier molecular flexibility index (Phi) is 6.16. The Hall–Kier alpha value is -4.08. The van der Waals surface area contributed by atoms with Crippen LogP contribution in [-0.4, -0.2) is 34.5 Å². The topological polar surface area (TPSA) is 85.2 Å². The Bertz CT molecular complexity index is 1200. The zero-order valence-electron chi connectivity index (χ0n) is 17.2. The number of halogens is 3. The maximum absolute atomic E-state index is 12.7. The molecule has 7 nitrogen and oxygen atoms in total. The molecule has 2 amide bonds. The van der Waals surface area contributed by atoms with Crippen LogP contribution in [0.25, 0.3) is 11.3 Å². The van der Waals surface area contributed by atoms with Crippen LogP contribution in [0.1, 0.15) is 5.56 Å². The van der Waals surface area contributed by atoms with E-state index >= 15 is 0 Å². The van der Waals surface area contributed by atoms with Gasteiger partial charge in [-0.1, -0.05) is 42.5 Å². The largest absolute Gasteiger partial charge is 0.573 e. The fourth-order valence-corrected chi connectivity index (χ4v) is 3.40. The molecule has 0 fully saturated rings. The van der Waals surface area contributed by atoms with Crippen LogP contribution in [0, 0.1) is 0 Å². The molecule has 170 valence electrons. The van der Waals surface area contributed by atoms with Gasteiger partial charge in [0.2, 0.25) is 5.91 Å². The summed E-state index contributed by atoms with van der Waals surface area (Å²) < 4.78 is 43.6. The van der Waals surface area contributed by atoms with Gasteiger partial charge in [0, 0.05) is 36.4 Å². The van der Waals surface area contributed by atoms with Gasteiger partial charge in [0.15, 0.2) is 5.82 Å². The molecular weight excluding hydrogens is 437 g/mol. The minimum Gasteiger partial charge on any atom is -0.406 e. The Morgan fingerprint density at radius 2 is 1.91 bits per heavy atom. The maximum Gasteiger partial charge on any atom is 0.573 e. The van der Waals surface area contributed by atoms with E-state index in [4.69, 9.17) is 0 Å². The predicted octanol–water partition coefficient (Wildman–Crippen LogP) is 3.69. The van der Waals surface area contributed by atoms with E-state index in [0.29, 0.717) is 24.2 Å². The molecule has 0 spiro atoms. The van der Waals surface area contributed by atoms with Crippen molar-refractivity contribution in [3.05, 3.63) is 77.9 Å². The average Bonchev–Trinajstić information content (AvgIpc) is 3.38. The van der Waals surface area contributed by atoms with Gasteiger partial charge in [0.25, 0.3) is 5.91 Å². The van der Waals surface area contributed by atoms with Gasteiger partial charge in [0.1, 0.15) is 5.75 Å². The fraction of sp³-hybridized carbons (Fsp3) is 0.174. The molecule has 0 bridgehead atoms. The number of hydrogen-bond donors (Lipinski definition) is 2. The summed E-state index contributed by atoms with van der Waals surface area (Å²) in [5.74, 6) is -0.981. The summed E-state index contributed by atoms with van der Waals surface area (Å²) >= 11 is 0. The second kappa shape index (κ2) is 9.19. The summed E-state index contributed by atoms with van der Waals surface area (Å²) in [7, 11) is 0. The van der Waals surface area contributed by atoms with Gasteiger partial charge in [0.05, 0.1) is 5.69 Å². The summed E-state index contributed by atoms with van der Waals surface area (Å²) in [5, 5.41) is 9.59. The first-order chi connectivity index (χ1) is 15.8. The Morgan fingerprint density at radius 3 is 2.61 bits per heavy atom. The average molecular weight is 456 g/mol. The molecule has 2 heterocycles. The van der Waals surface area contributed by atoms with Crippen molar-refractivity contribution >= 4 is 17.6 Å². The summed E-state index contributed by atoms with van der Waals surface area (Å²) in [6.45, 7) is 0.533. The summed E-state index contributed by atoms with van der Waals surface area (Å²) in [5.41, 5.74) is 2.26. The van der Waals surface area contributed by atoms with Gasteiger partial charge < -0.3 is 15.4 Å². The van der Waals surface area contributed by atoms with E-state index in [1.54, 1.807) is 16.8 Å². The van der Waals surface area contributed by atoms with Crippen molar-refractivity contribution < 1.29 is 27.5 Å². The van der Waals surface area contributed by atoms with Crippen LogP contribution < -0.4 is 15.4 Å². The van der Waals surface area contributed by atoms with E-state index in [1.165, 1.54) is 24.3 Å². The molecule has 3 aromatic rings. The quantitative estimate of drug-likeness (QED) is 0.568. The second-order valence-corrected chi connectivity index (χ2v) is 7.29. The molecule has 0 aliphatic carbocycles. The van der Waals surface area contributed by atoms with E-state index < -0.39 is 12.3 Å². The van der Waals surface area contributed by atoms with Gasteiger partial charge in [-0.05, 0) is 24.1 Å². The number of aryl methyl sites for hydroxylation is 2. The highest BCUT2D eigenvalue weighted by Crippen LogP contribution is 2.29. The van der Waals surface area contributed by atoms with Crippen molar-refractivity contribution in [2.45, 2.75) is 19.3 Å². The number of aromatic nitrogens is 2. The molecule has 33 heavy (non-hydrogen) atoms. The lowest BCUT2D eigenvalue weighted by molar-refractivity contribution is -0.274. The van der Waals surface area contributed by atoms with E-state index in [1.807, 2.05) is 30.3 Å². The monoisotopic (exact) mass is 456 g/mol. The number of ether oxygens (including phenoxy) is 1. The van der Waals surface area contributed by atoms with Gasteiger partial charge >= 0.3 is 6.36 Å². The van der Waals surface area contributed by atoms with Crippen LogP contribution in [0.5, 0.6) is 5.75 Å². The molecule has 2 aromatic carbocycles. The molecule has 0 radical (unpaired) electrons. The first-order valence-corrected chi connectivity index (χ1v) is 10.0. The third-order valence-corrected chi connectivity index (χ3v) is 4.89. The minimum atomic E-state index is -4.81. The van der Waals surface area contributed by atoms with E-state index in [-0.39, 0.29) is 29.6 Å². The molecule has 0 unspecified atom stereocenters. The number of benzene rings is 2. The first-order valence-electron chi connectivity index (χ1n) is 10.0. The number of carbonyl (C=O) groups excluding carboxylic acids is 2. The van der Waals surface area contributed by atoms with Crippen molar-refractivity contribution in [3.8, 4) is 17.0 Å². The normalized spacial score (nSPS) is 13.4. The van der Waals surface area contributed by atoms with Crippen LogP contribution in [0.4, 0.5) is 19.0 Å².